The van der Waals surface area contributed by atoms with E-state index in [4.69, 9.17) is 39.8 Å². The zero-order valence-electron chi connectivity index (χ0n) is 14.8. The van der Waals surface area contributed by atoms with E-state index >= 15 is 0 Å². The van der Waals surface area contributed by atoms with Crippen LogP contribution in [0.5, 0.6) is 0 Å². The second kappa shape index (κ2) is 8.21. The van der Waals surface area contributed by atoms with Crippen molar-refractivity contribution >= 4 is 63.2 Å². The Bertz CT molecular complexity index is 1230. The number of halogens is 2. The summed E-state index contributed by atoms with van der Waals surface area (Å²) in [6.45, 7) is 0. The lowest BCUT2D eigenvalue weighted by atomic mass is 10.2. The molecule has 4 rings (SSSR count). The summed E-state index contributed by atoms with van der Waals surface area (Å²) in [7, 11) is 0. The van der Waals surface area contributed by atoms with Crippen LogP contribution in [0.3, 0.4) is 0 Å². The number of carbonyl (C=O) groups is 1. The fourth-order valence-corrected chi connectivity index (χ4v) is 3.42. The molecular formula is C21H13Cl2N3O2S. The van der Waals surface area contributed by atoms with Gasteiger partial charge in [-0.2, -0.15) is 0 Å². The molecule has 0 spiro atoms. The van der Waals surface area contributed by atoms with Crippen molar-refractivity contribution in [3.05, 3.63) is 82.3 Å². The molecule has 0 saturated carbocycles. The summed E-state index contributed by atoms with van der Waals surface area (Å²) in [5, 5.41) is 6.38. The average Bonchev–Trinajstić information content (AvgIpc) is 3.12. The van der Waals surface area contributed by atoms with Crippen molar-refractivity contribution in [2.24, 2.45) is 0 Å². The minimum absolute atomic E-state index is 0.132. The van der Waals surface area contributed by atoms with E-state index in [1.165, 1.54) is 12.1 Å². The number of nitrogens with one attached hydrogen (secondary N) is 2. The smallest absolute Gasteiger partial charge is 0.258 e. The molecule has 0 unspecified atom stereocenters. The molecule has 5 nitrogen and oxygen atoms in total. The second-order valence-electron chi connectivity index (χ2n) is 6.10. The van der Waals surface area contributed by atoms with E-state index in [0.29, 0.717) is 27.7 Å². The normalized spacial score (nSPS) is 10.7. The van der Waals surface area contributed by atoms with Gasteiger partial charge in [-0.25, -0.2) is 4.98 Å². The topological polar surface area (TPSA) is 67.2 Å². The highest BCUT2D eigenvalue weighted by molar-refractivity contribution is 7.80. The molecule has 1 heterocycles. The summed E-state index contributed by atoms with van der Waals surface area (Å²) < 4.78 is 5.79. The van der Waals surface area contributed by atoms with E-state index < -0.39 is 5.91 Å². The van der Waals surface area contributed by atoms with E-state index in [0.717, 1.165) is 5.56 Å². The third kappa shape index (κ3) is 4.40. The molecule has 29 heavy (non-hydrogen) atoms. The van der Waals surface area contributed by atoms with Gasteiger partial charge in [0.2, 0.25) is 5.89 Å². The van der Waals surface area contributed by atoms with Gasteiger partial charge in [0.1, 0.15) is 5.52 Å². The maximum absolute atomic E-state index is 12.4. The number of carbonyl (C=O) groups excluding carboxylic acids is 1. The van der Waals surface area contributed by atoms with Crippen LogP contribution >= 0.6 is 35.4 Å². The number of hydrogen-bond donors (Lipinski definition) is 2. The molecular weight excluding hydrogens is 429 g/mol. The van der Waals surface area contributed by atoms with E-state index in [1.54, 1.807) is 24.3 Å². The van der Waals surface area contributed by atoms with Crippen LogP contribution < -0.4 is 10.6 Å². The van der Waals surface area contributed by atoms with Gasteiger partial charge in [-0.05, 0) is 60.7 Å². The van der Waals surface area contributed by atoms with E-state index in [2.05, 4.69) is 15.6 Å². The molecule has 3 aromatic carbocycles. The van der Waals surface area contributed by atoms with Crippen molar-refractivity contribution in [3.63, 3.8) is 0 Å². The highest BCUT2D eigenvalue weighted by atomic mass is 35.5. The number of amides is 1. The number of hydrogen-bond acceptors (Lipinski definition) is 4. The summed E-state index contributed by atoms with van der Waals surface area (Å²) in [4.78, 5) is 16.9. The number of aromatic nitrogens is 1. The van der Waals surface area contributed by atoms with Crippen LogP contribution in [-0.4, -0.2) is 16.0 Å². The van der Waals surface area contributed by atoms with Gasteiger partial charge >= 0.3 is 0 Å². The molecule has 0 aliphatic heterocycles. The van der Waals surface area contributed by atoms with Crippen LogP contribution in [-0.2, 0) is 0 Å². The lowest BCUT2D eigenvalue weighted by molar-refractivity contribution is 0.0978. The first-order valence-corrected chi connectivity index (χ1v) is 9.69. The third-order valence-electron chi connectivity index (χ3n) is 4.07. The molecule has 0 bridgehead atoms. The monoisotopic (exact) mass is 441 g/mol. The molecule has 0 aliphatic rings. The maximum atomic E-state index is 12.4. The van der Waals surface area contributed by atoms with Gasteiger partial charge in [0, 0.05) is 16.3 Å². The third-order valence-corrected chi connectivity index (χ3v) is 4.82. The fraction of sp³-hybridized carbons (Fsp3) is 0. The van der Waals surface area contributed by atoms with Gasteiger partial charge in [-0.1, -0.05) is 41.4 Å². The molecule has 8 heteroatoms. The Morgan fingerprint density at radius 3 is 2.55 bits per heavy atom. The Labute approximate surface area is 181 Å². The molecule has 2 N–H and O–H groups in total. The SMILES string of the molecule is O=C(NC(=S)Nc1ccc2oc(-c3ccccc3)nc2c1)c1ccc(Cl)cc1Cl. The van der Waals surface area contributed by atoms with E-state index in [-0.39, 0.29) is 15.7 Å². The van der Waals surface area contributed by atoms with Crippen LogP contribution in [0.1, 0.15) is 10.4 Å². The van der Waals surface area contributed by atoms with E-state index in [9.17, 15) is 4.79 Å². The van der Waals surface area contributed by atoms with Crippen LogP contribution in [0.2, 0.25) is 10.0 Å². The van der Waals surface area contributed by atoms with Crippen molar-refractivity contribution < 1.29 is 9.21 Å². The maximum Gasteiger partial charge on any atom is 0.258 e. The first-order valence-electron chi connectivity index (χ1n) is 8.53. The van der Waals surface area contributed by atoms with Gasteiger partial charge in [0.05, 0.1) is 10.6 Å². The zero-order valence-corrected chi connectivity index (χ0v) is 17.1. The fourth-order valence-electron chi connectivity index (χ4n) is 2.72. The van der Waals surface area contributed by atoms with Crippen molar-refractivity contribution in [1.82, 2.24) is 10.3 Å². The van der Waals surface area contributed by atoms with Gasteiger partial charge in [-0.15, -0.1) is 0 Å². The molecule has 0 radical (unpaired) electrons. The molecule has 144 valence electrons. The Morgan fingerprint density at radius 1 is 1.00 bits per heavy atom. The molecule has 0 aliphatic carbocycles. The van der Waals surface area contributed by atoms with Gasteiger partial charge in [0.15, 0.2) is 10.7 Å². The highest BCUT2D eigenvalue weighted by Crippen LogP contribution is 2.26. The van der Waals surface area contributed by atoms with Crippen LogP contribution in [0.25, 0.3) is 22.6 Å². The number of nitrogens with zero attached hydrogens (tertiary/aromatic N) is 1. The van der Waals surface area contributed by atoms with Gasteiger partial charge in [0.25, 0.3) is 5.91 Å². The number of fused-ring (bicyclic) bond motifs is 1. The Kier molecular flexibility index (Phi) is 5.49. The van der Waals surface area contributed by atoms with Crippen LogP contribution in [0, 0.1) is 0 Å². The predicted octanol–water partition coefficient (Wildman–Crippen LogP) is 5.93. The van der Waals surface area contributed by atoms with Crippen molar-refractivity contribution in [3.8, 4) is 11.5 Å². The number of thiocarbonyl (C=S) groups is 1. The zero-order chi connectivity index (χ0) is 20.4. The predicted molar refractivity (Wildman–Crippen MR) is 120 cm³/mol. The average molecular weight is 442 g/mol. The largest absolute Gasteiger partial charge is 0.436 e. The lowest BCUT2D eigenvalue weighted by Gasteiger charge is -2.10. The minimum Gasteiger partial charge on any atom is -0.436 e. The highest BCUT2D eigenvalue weighted by Gasteiger charge is 2.13. The summed E-state index contributed by atoms with van der Waals surface area (Å²) in [6.07, 6.45) is 0. The van der Waals surface area contributed by atoms with Crippen molar-refractivity contribution in [1.29, 1.82) is 0 Å². The molecule has 0 saturated heterocycles. The second-order valence-corrected chi connectivity index (χ2v) is 7.35. The first kappa shape index (κ1) is 19.4. The number of benzene rings is 3. The van der Waals surface area contributed by atoms with Gasteiger partial charge < -0.3 is 9.73 Å². The lowest BCUT2D eigenvalue weighted by Crippen LogP contribution is -2.34. The first-order chi connectivity index (χ1) is 14.0. The molecule has 1 aromatic heterocycles. The summed E-state index contributed by atoms with van der Waals surface area (Å²) >= 11 is 17.1. The van der Waals surface area contributed by atoms with Gasteiger partial charge in [-0.3, -0.25) is 10.1 Å². The molecule has 1 amide bonds. The van der Waals surface area contributed by atoms with E-state index in [1.807, 2.05) is 30.3 Å². The summed E-state index contributed by atoms with van der Waals surface area (Å²) in [6, 6.07) is 19.6. The summed E-state index contributed by atoms with van der Waals surface area (Å²) in [5.41, 5.74) is 3.15. The number of oxazole rings is 1. The molecule has 0 fully saturated rings. The Morgan fingerprint density at radius 2 is 1.79 bits per heavy atom. The van der Waals surface area contributed by atoms with Crippen molar-refractivity contribution in [2.75, 3.05) is 5.32 Å². The number of anilines is 1. The Balaban J connectivity index is 1.48. The molecule has 4 aromatic rings. The number of rotatable bonds is 3. The quantitative estimate of drug-likeness (QED) is 0.385. The summed E-state index contributed by atoms with van der Waals surface area (Å²) in [5.74, 6) is 0.101. The van der Waals surface area contributed by atoms with Crippen molar-refractivity contribution in [2.45, 2.75) is 0 Å². The minimum atomic E-state index is -0.432. The molecule has 0 atom stereocenters. The standard InChI is InChI=1S/C21H13Cl2N3O2S/c22-13-6-8-15(16(23)10-13)19(27)26-21(29)24-14-7-9-18-17(11-14)25-20(28-18)12-4-2-1-3-5-12/h1-11H,(H2,24,26,27,29). The van der Waals surface area contributed by atoms with Crippen LogP contribution in [0.15, 0.2) is 71.1 Å². The Hall–Kier alpha value is -2.93. The van der Waals surface area contributed by atoms with Crippen LogP contribution in [0.4, 0.5) is 5.69 Å².